The molecule has 1 fully saturated rings. The molecule has 0 spiro atoms. The molecule has 1 aromatic heterocycles. The maximum atomic E-state index is 4.70. The number of anilines is 1. The first kappa shape index (κ1) is 15.4. The van der Waals surface area contributed by atoms with Crippen LogP contribution in [0.4, 0.5) is 5.95 Å². The molecule has 1 aliphatic rings. The van der Waals surface area contributed by atoms with Crippen LogP contribution < -0.4 is 5.32 Å². The summed E-state index contributed by atoms with van der Waals surface area (Å²) in [7, 11) is 0. The van der Waals surface area contributed by atoms with Crippen LogP contribution in [-0.4, -0.2) is 15.6 Å². The van der Waals surface area contributed by atoms with Crippen molar-refractivity contribution in [2.24, 2.45) is 11.8 Å². The summed E-state index contributed by atoms with van der Waals surface area (Å²) in [5.41, 5.74) is 1.13. The van der Waals surface area contributed by atoms with Gasteiger partial charge in [-0.1, -0.05) is 40.0 Å². The van der Waals surface area contributed by atoms with Crippen molar-refractivity contribution in [1.29, 1.82) is 0 Å². The smallest absolute Gasteiger partial charge is 0.203 e. The maximum absolute atomic E-state index is 4.70. The van der Waals surface area contributed by atoms with Crippen LogP contribution in [-0.2, 0) is 6.54 Å². The predicted octanol–water partition coefficient (Wildman–Crippen LogP) is 4.62. The molecule has 0 bridgehead atoms. The third kappa shape index (κ3) is 3.77. The predicted molar refractivity (Wildman–Crippen MR) is 86.1 cm³/mol. The molecule has 2 unspecified atom stereocenters. The molecule has 0 saturated heterocycles. The first-order valence-corrected chi connectivity index (χ1v) is 8.42. The monoisotopic (exact) mass is 277 g/mol. The Hall–Kier alpha value is -0.990. The van der Waals surface area contributed by atoms with Crippen molar-refractivity contribution >= 4 is 5.95 Å². The minimum Gasteiger partial charge on any atom is -0.353 e. The molecule has 1 aromatic rings. The number of unbranched alkanes of at least 4 members (excludes halogenated alkanes) is 1. The Morgan fingerprint density at radius 3 is 2.80 bits per heavy atom. The summed E-state index contributed by atoms with van der Waals surface area (Å²) < 4.78 is 2.31. The molecule has 1 heterocycles. The van der Waals surface area contributed by atoms with Gasteiger partial charge in [-0.15, -0.1) is 0 Å². The lowest BCUT2D eigenvalue weighted by Gasteiger charge is -2.35. The standard InChI is InChI=1S/C17H31N3/c1-5-6-11-20-12-14(4)18-17(20)19-16-10-8-7-9-15(16)13(2)3/h12-13,15-16H,5-11H2,1-4H3,(H,18,19). The molecule has 0 aromatic carbocycles. The van der Waals surface area contributed by atoms with Gasteiger partial charge in [0, 0.05) is 18.8 Å². The van der Waals surface area contributed by atoms with E-state index in [4.69, 9.17) is 4.98 Å². The van der Waals surface area contributed by atoms with Gasteiger partial charge in [-0.3, -0.25) is 0 Å². The van der Waals surface area contributed by atoms with Gasteiger partial charge in [0.25, 0.3) is 0 Å². The van der Waals surface area contributed by atoms with E-state index in [0.717, 1.165) is 30.0 Å². The van der Waals surface area contributed by atoms with Gasteiger partial charge < -0.3 is 9.88 Å². The van der Waals surface area contributed by atoms with Gasteiger partial charge in [0.15, 0.2) is 0 Å². The van der Waals surface area contributed by atoms with Gasteiger partial charge in [-0.25, -0.2) is 4.98 Å². The minimum atomic E-state index is 0.603. The van der Waals surface area contributed by atoms with Crippen LogP contribution in [0.15, 0.2) is 6.20 Å². The molecule has 1 aliphatic carbocycles. The molecule has 1 N–H and O–H groups in total. The number of aromatic nitrogens is 2. The average molecular weight is 277 g/mol. The molecule has 114 valence electrons. The van der Waals surface area contributed by atoms with E-state index in [2.05, 4.69) is 43.8 Å². The molecular weight excluding hydrogens is 246 g/mol. The fourth-order valence-corrected chi connectivity index (χ4v) is 3.46. The van der Waals surface area contributed by atoms with Gasteiger partial charge in [0.05, 0.1) is 5.69 Å². The first-order chi connectivity index (χ1) is 9.61. The Morgan fingerprint density at radius 1 is 1.35 bits per heavy atom. The SMILES string of the molecule is CCCCn1cc(C)nc1NC1CCCCC1C(C)C. The van der Waals surface area contributed by atoms with Crippen molar-refractivity contribution < 1.29 is 0 Å². The summed E-state index contributed by atoms with van der Waals surface area (Å²) >= 11 is 0. The lowest BCUT2D eigenvalue weighted by atomic mass is 9.78. The molecule has 2 rings (SSSR count). The van der Waals surface area contributed by atoms with Crippen molar-refractivity contribution in [2.75, 3.05) is 5.32 Å². The number of imidazole rings is 1. The van der Waals surface area contributed by atoms with E-state index in [1.165, 1.54) is 38.5 Å². The highest BCUT2D eigenvalue weighted by Gasteiger charge is 2.28. The maximum Gasteiger partial charge on any atom is 0.203 e. The second-order valence-electron chi connectivity index (χ2n) is 6.70. The van der Waals surface area contributed by atoms with Gasteiger partial charge in [0.2, 0.25) is 5.95 Å². The first-order valence-electron chi connectivity index (χ1n) is 8.42. The lowest BCUT2D eigenvalue weighted by molar-refractivity contribution is 0.252. The quantitative estimate of drug-likeness (QED) is 0.822. The average Bonchev–Trinajstić information content (AvgIpc) is 2.77. The lowest BCUT2D eigenvalue weighted by Crippen LogP contribution is -2.36. The molecule has 3 heteroatoms. The van der Waals surface area contributed by atoms with Crippen LogP contribution >= 0.6 is 0 Å². The summed E-state index contributed by atoms with van der Waals surface area (Å²) in [6.45, 7) is 10.1. The zero-order valence-corrected chi connectivity index (χ0v) is 13.7. The molecule has 20 heavy (non-hydrogen) atoms. The zero-order chi connectivity index (χ0) is 14.5. The normalized spacial score (nSPS) is 23.2. The Labute approximate surface area is 124 Å². The highest BCUT2D eigenvalue weighted by Crippen LogP contribution is 2.32. The highest BCUT2D eigenvalue weighted by atomic mass is 15.2. The molecule has 3 nitrogen and oxygen atoms in total. The van der Waals surface area contributed by atoms with Crippen molar-refractivity contribution in [3.8, 4) is 0 Å². The second-order valence-corrected chi connectivity index (χ2v) is 6.70. The summed E-state index contributed by atoms with van der Waals surface area (Å²) in [6.07, 6.45) is 10.1. The molecule has 1 saturated carbocycles. The van der Waals surface area contributed by atoms with E-state index in [0.29, 0.717) is 6.04 Å². The molecule has 2 atom stereocenters. The van der Waals surface area contributed by atoms with E-state index < -0.39 is 0 Å². The number of nitrogens with one attached hydrogen (secondary N) is 1. The minimum absolute atomic E-state index is 0.603. The van der Waals surface area contributed by atoms with Crippen LogP contribution in [0.3, 0.4) is 0 Å². The summed E-state index contributed by atoms with van der Waals surface area (Å²) in [6, 6.07) is 0.603. The van der Waals surface area contributed by atoms with Crippen LogP contribution in [0.25, 0.3) is 0 Å². The van der Waals surface area contributed by atoms with E-state index in [9.17, 15) is 0 Å². The largest absolute Gasteiger partial charge is 0.353 e. The van der Waals surface area contributed by atoms with Gasteiger partial charge in [-0.2, -0.15) is 0 Å². The van der Waals surface area contributed by atoms with Gasteiger partial charge in [-0.05, 0) is 38.0 Å². The second kappa shape index (κ2) is 7.14. The number of hydrogen-bond donors (Lipinski definition) is 1. The van der Waals surface area contributed by atoms with E-state index in [1.54, 1.807) is 0 Å². The van der Waals surface area contributed by atoms with E-state index >= 15 is 0 Å². The fraction of sp³-hybridized carbons (Fsp3) is 0.824. The Kier molecular flexibility index (Phi) is 5.50. The van der Waals surface area contributed by atoms with Crippen LogP contribution in [0.5, 0.6) is 0 Å². The van der Waals surface area contributed by atoms with Gasteiger partial charge >= 0.3 is 0 Å². The summed E-state index contributed by atoms with van der Waals surface area (Å²) in [5.74, 6) is 2.64. The Bertz CT molecular complexity index is 408. The molecule has 0 aliphatic heterocycles. The Morgan fingerprint density at radius 2 is 2.10 bits per heavy atom. The van der Waals surface area contributed by atoms with Crippen LogP contribution in [0, 0.1) is 18.8 Å². The number of rotatable bonds is 6. The molecular formula is C17H31N3. The van der Waals surface area contributed by atoms with Crippen molar-refractivity contribution in [3.05, 3.63) is 11.9 Å². The van der Waals surface area contributed by atoms with Crippen LogP contribution in [0.2, 0.25) is 0 Å². The fourth-order valence-electron chi connectivity index (χ4n) is 3.46. The zero-order valence-electron chi connectivity index (χ0n) is 13.7. The number of aryl methyl sites for hydroxylation is 2. The van der Waals surface area contributed by atoms with Crippen molar-refractivity contribution in [2.45, 2.75) is 78.8 Å². The number of nitrogens with zero attached hydrogens (tertiary/aromatic N) is 2. The third-order valence-corrected chi connectivity index (χ3v) is 4.64. The molecule has 0 amide bonds. The topological polar surface area (TPSA) is 29.9 Å². The third-order valence-electron chi connectivity index (χ3n) is 4.64. The van der Waals surface area contributed by atoms with Gasteiger partial charge in [0.1, 0.15) is 0 Å². The van der Waals surface area contributed by atoms with Crippen molar-refractivity contribution in [3.63, 3.8) is 0 Å². The number of hydrogen-bond acceptors (Lipinski definition) is 2. The molecule has 0 radical (unpaired) electrons. The van der Waals surface area contributed by atoms with Crippen LogP contribution in [0.1, 0.15) is 65.0 Å². The highest BCUT2D eigenvalue weighted by molar-refractivity contribution is 5.31. The summed E-state index contributed by atoms with van der Waals surface area (Å²) in [5, 5.41) is 3.76. The Balaban J connectivity index is 2.07. The van der Waals surface area contributed by atoms with Crippen molar-refractivity contribution in [1.82, 2.24) is 9.55 Å². The van der Waals surface area contributed by atoms with E-state index in [1.807, 2.05) is 0 Å². The van der Waals surface area contributed by atoms with E-state index in [-0.39, 0.29) is 0 Å². The summed E-state index contributed by atoms with van der Waals surface area (Å²) in [4.78, 5) is 4.70.